The maximum atomic E-state index is 13.3. The highest BCUT2D eigenvalue weighted by Gasteiger charge is 2.41. The van der Waals surface area contributed by atoms with E-state index in [0.717, 1.165) is 23.2 Å². The van der Waals surface area contributed by atoms with E-state index in [9.17, 15) is 9.59 Å². The zero-order valence-corrected chi connectivity index (χ0v) is 18.6. The van der Waals surface area contributed by atoms with Gasteiger partial charge in [0.25, 0.3) is 5.91 Å². The van der Waals surface area contributed by atoms with E-state index in [2.05, 4.69) is 24.2 Å². The van der Waals surface area contributed by atoms with Crippen LogP contribution in [0.25, 0.3) is 0 Å². The van der Waals surface area contributed by atoms with Crippen LogP contribution in [-0.2, 0) is 16.0 Å². The van der Waals surface area contributed by atoms with Crippen LogP contribution in [0.1, 0.15) is 31.4 Å². The van der Waals surface area contributed by atoms with Gasteiger partial charge in [-0.3, -0.25) is 14.6 Å². The van der Waals surface area contributed by atoms with Gasteiger partial charge >= 0.3 is 0 Å². The van der Waals surface area contributed by atoms with E-state index in [-0.39, 0.29) is 17.6 Å². The van der Waals surface area contributed by atoms with Crippen LogP contribution < -0.4 is 5.32 Å². The maximum Gasteiger partial charge on any atom is 0.259 e. The number of amidine groups is 2. The van der Waals surface area contributed by atoms with E-state index in [0.29, 0.717) is 29.9 Å². The van der Waals surface area contributed by atoms with Gasteiger partial charge in [-0.1, -0.05) is 68.1 Å². The molecule has 160 valence electrons. The third-order valence-corrected chi connectivity index (χ3v) is 6.13. The first-order valence-corrected chi connectivity index (χ1v) is 11.5. The normalized spacial score (nSPS) is 17.2. The Hall–Kier alpha value is -2.93. The first-order valence-electron chi connectivity index (χ1n) is 10.6. The third-order valence-electron chi connectivity index (χ3n) is 5.20. The summed E-state index contributed by atoms with van der Waals surface area (Å²) in [6, 6.07) is 17.1. The van der Waals surface area contributed by atoms with Crippen molar-refractivity contribution in [3.8, 4) is 0 Å². The third kappa shape index (κ3) is 4.88. The van der Waals surface area contributed by atoms with E-state index in [1.165, 1.54) is 11.8 Å². The number of para-hydroxylation sites is 1. The Labute approximate surface area is 186 Å². The van der Waals surface area contributed by atoms with E-state index >= 15 is 0 Å². The fourth-order valence-corrected chi connectivity index (χ4v) is 4.38. The minimum absolute atomic E-state index is 0.0572. The Bertz CT molecular complexity index is 1030. The number of aliphatic imine (C=N–C) groups is 2. The maximum absolute atomic E-state index is 13.3. The van der Waals surface area contributed by atoms with Crippen LogP contribution in [0.2, 0.25) is 0 Å². The van der Waals surface area contributed by atoms with Crippen molar-refractivity contribution in [1.29, 1.82) is 0 Å². The predicted molar refractivity (Wildman–Crippen MR) is 126 cm³/mol. The summed E-state index contributed by atoms with van der Waals surface area (Å²) in [7, 11) is 0. The van der Waals surface area contributed by atoms with Crippen molar-refractivity contribution < 1.29 is 9.59 Å². The molecule has 2 aromatic carbocycles. The molecule has 2 aromatic rings. The molecule has 0 unspecified atom stereocenters. The van der Waals surface area contributed by atoms with E-state index < -0.39 is 6.04 Å². The first-order chi connectivity index (χ1) is 15.0. The minimum Gasteiger partial charge on any atom is -0.355 e. The van der Waals surface area contributed by atoms with E-state index in [4.69, 9.17) is 4.99 Å². The molecule has 1 N–H and O–H groups in total. The summed E-state index contributed by atoms with van der Waals surface area (Å²) in [6.45, 7) is 4.91. The quantitative estimate of drug-likeness (QED) is 0.721. The molecule has 7 heteroatoms. The molecule has 31 heavy (non-hydrogen) atoms. The smallest absolute Gasteiger partial charge is 0.259 e. The lowest BCUT2D eigenvalue weighted by Gasteiger charge is -2.25. The molecule has 0 radical (unpaired) electrons. The number of amides is 2. The number of nitrogens with zero attached hydrogens (tertiary/aromatic N) is 3. The number of carbonyl (C=O) groups excluding carboxylic acids is 2. The van der Waals surface area contributed by atoms with Gasteiger partial charge in [-0.15, -0.1) is 0 Å². The molecule has 2 aliphatic heterocycles. The molecule has 0 saturated heterocycles. The van der Waals surface area contributed by atoms with Crippen molar-refractivity contribution in [1.82, 2.24) is 10.2 Å². The molecule has 0 bridgehead atoms. The highest BCUT2D eigenvalue weighted by Crippen LogP contribution is 2.34. The second-order valence-electron chi connectivity index (χ2n) is 8.06. The van der Waals surface area contributed by atoms with Gasteiger partial charge in [0.15, 0.2) is 5.17 Å². The van der Waals surface area contributed by atoms with Crippen LogP contribution in [0.15, 0.2) is 64.6 Å². The van der Waals surface area contributed by atoms with Gasteiger partial charge in [0, 0.05) is 18.5 Å². The molecule has 0 aromatic heterocycles. The van der Waals surface area contributed by atoms with Crippen molar-refractivity contribution >= 4 is 40.3 Å². The number of nitrogens with one attached hydrogen (secondary N) is 1. The molecule has 2 aliphatic rings. The fraction of sp³-hybridized carbons (Fsp3) is 0.333. The highest BCUT2D eigenvalue weighted by atomic mass is 32.2. The Morgan fingerprint density at radius 2 is 1.87 bits per heavy atom. The van der Waals surface area contributed by atoms with Gasteiger partial charge in [-0.2, -0.15) is 0 Å². The lowest BCUT2D eigenvalue weighted by Crippen LogP contribution is -2.42. The standard InChI is InChI=1S/C24H26N4O2S/c1-16(2)12-13-25-21(29)15-31-24-27-19-11-7-6-10-18(19)22-26-20(23(30)28(22)24)14-17-8-4-3-5-9-17/h3-11,16,20H,12-15H2,1-2H3,(H,25,29)/t20-/m0/s1. The van der Waals surface area contributed by atoms with Crippen molar-refractivity contribution in [2.75, 3.05) is 12.3 Å². The van der Waals surface area contributed by atoms with Gasteiger partial charge in [0.05, 0.1) is 11.4 Å². The van der Waals surface area contributed by atoms with Crippen LogP contribution in [0.4, 0.5) is 5.69 Å². The summed E-state index contributed by atoms with van der Waals surface area (Å²) in [5.74, 6) is 1.21. The van der Waals surface area contributed by atoms with Crippen LogP contribution in [0, 0.1) is 5.92 Å². The van der Waals surface area contributed by atoms with Gasteiger partial charge < -0.3 is 5.32 Å². The van der Waals surface area contributed by atoms with Crippen molar-refractivity contribution in [3.05, 3.63) is 65.7 Å². The number of hydrogen-bond donors (Lipinski definition) is 1. The summed E-state index contributed by atoms with van der Waals surface area (Å²) >= 11 is 1.28. The SMILES string of the molecule is CC(C)CCNC(=O)CSC1=Nc2ccccc2C2=N[C@@H](Cc3ccccc3)C(=O)N12. The highest BCUT2D eigenvalue weighted by molar-refractivity contribution is 8.14. The summed E-state index contributed by atoms with van der Waals surface area (Å²) < 4.78 is 0. The first kappa shape index (κ1) is 21.3. The van der Waals surface area contributed by atoms with Crippen LogP contribution in [0.5, 0.6) is 0 Å². The van der Waals surface area contributed by atoms with Crippen LogP contribution in [0.3, 0.4) is 0 Å². The fourth-order valence-electron chi connectivity index (χ4n) is 3.55. The molecule has 2 heterocycles. The Morgan fingerprint density at radius 3 is 2.65 bits per heavy atom. The molecular formula is C24H26N4O2S. The second kappa shape index (κ2) is 9.47. The monoisotopic (exact) mass is 434 g/mol. The van der Waals surface area contributed by atoms with Gasteiger partial charge in [0.2, 0.25) is 5.91 Å². The molecule has 0 aliphatic carbocycles. The number of rotatable bonds is 7. The van der Waals surface area contributed by atoms with E-state index in [1.54, 1.807) is 4.90 Å². The number of fused-ring (bicyclic) bond motifs is 3. The topological polar surface area (TPSA) is 74.1 Å². The van der Waals surface area contributed by atoms with Gasteiger partial charge in [-0.25, -0.2) is 9.89 Å². The molecule has 2 amide bonds. The average Bonchev–Trinajstić information content (AvgIpc) is 3.09. The summed E-state index contributed by atoms with van der Waals surface area (Å²) in [6.07, 6.45) is 1.47. The number of thioether (sulfide) groups is 1. The zero-order chi connectivity index (χ0) is 21.8. The van der Waals surface area contributed by atoms with Crippen molar-refractivity contribution in [2.24, 2.45) is 15.9 Å². The molecule has 0 fully saturated rings. The predicted octanol–water partition coefficient (Wildman–Crippen LogP) is 3.78. The van der Waals surface area contributed by atoms with Gasteiger partial charge in [0.1, 0.15) is 11.9 Å². The molecule has 6 nitrogen and oxygen atoms in total. The van der Waals surface area contributed by atoms with Crippen molar-refractivity contribution in [3.63, 3.8) is 0 Å². The van der Waals surface area contributed by atoms with Gasteiger partial charge in [-0.05, 0) is 30.0 Å². The lowest BCUT2D eigenvalue weighted by molar-refractivity contribution is -0.124. The number of hydrogen-bond acceptors (Lipinski definition) is 5. The second-order valence-corrected chi connectivity index (χ2v) is 9.01. The average molecular weight is 435 g/mol. The van der Waals surface area contributed by atoms with Crippen molar-refractivity contribution in [2.45, 2.75) is 32.7 Å². The zero-order valence-electron chi connectivity index (χ0n) is 17.7. The van der Waals surface area contributed by atoms with Crippen LogP contribution in [-0.4, -0.2) is 46.1 Å². The summed E-state index contributed by atoms with van der Waals surface area (Å²) in [5.41, 5.74) is 2.68. The van der Waals surface area contributed by atoms with E-state index in [1.807, 2.05) is 54.6 Å². The molecule has 0 spiro atoms. The Balaban J connectivity index is 1.52. The Kier molecular flexibility index (Phi) is 6.51. The summed E-state index contributed by atoms with van der Waals surface area (Å²) in [5, 5.41) is 3.45. The summed E-state index contributed by atoms with van der Waals surface area (Å²) in [4.78, 5) is 36.6. The largest absolute Gasteiger partial charge is 0.355 e. The number of carbonyl (C=O) groups is 2. The molecular weight excluding hydrogens is 408 g/mol. The molecule has 1 atom stereocenters. The lowest BCUT2D eigenvalue weighted by atomic mass is 10.1. The molecule has 4 rings (SSSR count). The molecule has 0 saturated carbocycles. The minimum atomic E-state index is -0.491. The number of benzene rings is 2. The Morgan fingerprint density at radius 1 is 1.13 bits per heavy atom. The van der Waals surface area contributed by atoms with Crippen LogP contribution >= 0.6 is 11.8 Å².